The zero-order valence-electron chi connectivity index (χ0n) is 15.3. The van der Waals surface area contributed by atoms with Crippen molar-refractivity contribution < 1.29 is 52.1 Å². The maximum absolute atomic E-state index is 12.0. The van der Waals surface area contributed by atoms with Crippen molar-refractivity contribution in [2.45, 2.75) is 57.8 Å². The average molecular weight is 378 g/mol. The molecule has 0 aliphatic carbocycles. The summed E-state index contributed by atoms with van der Waals surface area (Å²) in [6, 6.07) is 7.18. The van der Waals surface area contributed by atoms with E-state index in [-0.39, 0.29) is 41.1 Å². The molecule has 25 heavy (non-hydrogen) atoms. The van der Waals surface area contributed by atoms with Crippen LogP contribution in [0.1, 0.15) is 68.1 Å². The number of ketones is 1. The minimum atomic E-state index is -4.05. The molecule has 0 N–H and O–H groups in total. The smallest absolute Gasteiger partial charge is 0.748 e. The van der Waals surface area contributed by atoms with Gasteiger partial charge in [0, 0.05) is 17.7 Å². The van der Waals surface area contributed by atoms with Crippen molar-refractivity contribution in [2.75, 3.05) is 12.9 Å². The molecule has 7 heteroatoms. The van der Waals surface area contributed by atoms with Gasteiger partial charge in [0.15, 0.2) is 5.78 Å². The first kappa shape index (κ1) is 24.6. The van der Waals surface area contributed by atoms with Crippen LogP contribution in [0.25, 0.3) is 0 Å². The van der Waals surface area contributed by atoms with Gasteiger partial charge in [-0.05, 0) is 37.1 Å². The van der Waals surface area contributed by atoms with E-state index in [2.05, 4.69) is 0 Å². The zero-order valence-corrected chi connectivity index (χ0v) is 18.1. The Kier molecular flexibility index (Phi) is 13.5. The molecule has 0 aromatic heterocycles. The van der Waals surface area contributed by atoms with Crippen molar-refractivity contribution >= 4 is 15.9 Å². The van der Waals surface area contributed by atoms with Crippen LogP contribution in [0, 0.1) is 0 Å². The van der Waals surface area contributed by atoms with E-state index in [0.717, 1.165) is 56.3 Å². The van der Waals surface area contributed by atoms with Gasteiger partial charge in [0.1, 0.15) is 5.75 Å². The molecule has 0 aliphatic rings. The second kappa shape index (κ2) is 13.8. The summed E-state index contributed by atoms with van der Waals surface area (Å²) in [4.78, 5) is 12.0. The predicted molar refractivity (Wildman–Crippen MR) is 93.4 cm³/mol. The van der Waals surface area contributed by atoms with Gasteiger partial charge in [-0.3, -0.25) is 4.79 Å². The molecule has 0 saturated heterocycles. The molecule has 5 nitrogen and oxygen atoms in total. The third-order valence-electron chi connectivity index (χ3n) is 3.96. The second-order valence-corrected chi connectivity index (χ2v) is 7.52. The largest absolute Gasteiger partial charge is 1.00 e. The Bertz CT molecular complexity index is 584. The van der Waals surface area contributed by atoms with E-state index in [9.17, 15) is 17.8 Å². The van der Waals surface area contributed by atoms with Gasteiger partial charge in [-0.15, -0.1) is 0 Å². The van der Waals surface area contributed by atoms with Crippen LogP contribution in [0.5, 0.6) is 5.75 Å². The Hall–Kier alpha value is -0.400. The topological polar surface area (TPSA) is 83.5 Å². The van der Waals surface area contributed by atoms with Gasteiger partial charge in [-0.25, -0.2) is 8.42 Å². The number of rotatable bonds is 13. The number of unbranched alkanes of at least 4 members (excludes halogenated alkanes) is 7. The first-order chi connectivity index (χ1) is 11.4. The van der Waals surface area contributed by atoms with E-state index >= 15 is 0 Å². The molecule has 1 rings (SSSR count). The minimum Gasteiger partial charge on any atom is -0.748 e. The SMILES string of the molecule is COc1ccc(C(=O)CCCCCCCCCCS(=O)(=O)[O-])cc1.[Na+]. The Labute approximate surface area is 173 Å². The summed E-state index contributed by atoms with van der Waals surface area (Å²) in [6.07, 6.45) is 7.89. The third kappa shape index (κ3) is 12.6. The van der Waals surface area contributed by atoms with Gasteiger partial charge < -0.3 is 9.29 Å². The summed E-state index contributed by atoms with van der Waals surface area (Å²) >= 11 is 0. The van der Waals surface area contributed by atoms with Crippen LogP contribution in [0.15, 0.2) is 24.3 Å². The fraction of sp³-hybridized carbons (Fsp3) is 0.611. The Morgan fingerprint density at radius 2 is 1.40 bits per heavy atom. The normalized spacial score (nSPS) is 11.0. The van der Waals surface area contributed by atoms with Crippen molar-refractivity contribution in [3.8, 4) is 5.75 Å². The molecule has 1 aromatic rings. The van der Waals surface area contributed by atoms with Gasteiger partial charge in [-0.1, -0.05) is 38.5 Å². The molecule has 0 atom stereocenters. The van der Waals surface area contributed by atoms with Gasteiger partial charge >= 0.3 is 29.6 Å². The molecule has 0 fully saturated rings. The fourth-order valence-corrected chi connectivity index (χ4v) is 3.10. The van der Waals surface area contributed by atoms with Crippen LogP contribution in [-0.2, 0) is 10.1 Å². The second-order valence-electron chi connectivity index (χ2n) is 5.99. The number of methoxy groups -OCH3 is 1. The van der Waals surface area contributed by atoms with Crippen LogP contribution < -0.4 is 34.3 Å². The number of hydrogen-bond donors (Lipinski definition) is 0. The molecule has 0 bridgehead atoms. The van der Waals surface area contributed by atoms with Gasteiger partial charge in [-0.2, -0.15) is 0 Å². The quantitative estimate of drug-likeness (QED) is 0.221. The summed E-state index contributed by atoms with van der Waals surface area (Å²) in [7, 11) is -2.45. The van der Waals surface area contributed by atoms with Gasteiger partial charge in [0.25, 0.3) is 0 Å². The number of benzene rings is 1. The summed E-state index contributed by atoms with van der Waals surface area (Å²) in [5.74, 6) is 0.663. The number of carbonyl (C=O) groups is 1. The number of Topliss-reactive ketones (excluding diaryl/α,β-unsaturated/α-hetero) is 1. The molecule has 0 aliphatic heterocycles. The molecule has 0 unspecified atom stereocenters. The first-order valence-corrected chi connectivity index (χ1v) is 10.1. The summed E-state index contributed by atoms with van der Waals surface area (Å²) < 4.78 is 36.4. The monoisotopic (exact) mass is 378 g/mol. The Morgan fingerprint density at radius 1 is 0.920 bits per heavy atom. The van der Waals surface area contributed by atoms with Crippen LogP contribution >= 0.6 is 0 Å². The molecule has 0 radical (unpaired) electrons. The van der Waals surface area contributed by atoms with Crippen LogP contribution in [-0.4, -0.2) is 31.6 Å². The maximum atomic E-state index is 12.0. The zero-order chi connectivity index (χ0) is 17.8. The van der Waals surface area contributed by atoms with Crippen LogP contribution in [0.4, 0.5) is 0 Å². The van der Waals surface area contributed by atoms with Crippen LogP contribution in [0.3, 0.4) is 0 Å². The van der Waals surface area contributed by atoms with Gasteiger partial charge in [0.05, 0.1) is 17.2 Å². The minimum absolute atomic E-state index is 0. The van der Waals surface area contributed by atoms with Crippen molar-refractivity contribution in [3.05, 3.63) is 29.8 Å². The summed E-state index contributed by atoms with van der Waals surface area (Å²) in [6.45, 7) is 0. The number of carbonyl (C=O) groups excluding carboxylic acids is 1. The fourth-order valence-electron chi connectivity index (χ4n) is 2.55. The van der Waals surface area contributed by atoms with Crippen molar-refractivity contribution in [1.29, 1.82) is 0 Å². The molecular formula is C18H27NaO5S. The molecule has 136 valence electrons. The first-order valence-electron chi connectivity index (χ1n) is 8.53. The third-order valence-corrected chi connectivity index (χ3v) is 4.75. The maximum Gasteiger partial charge on any atom is 1.00 e. The number of ether oxygens (including phenoxy) is 1. The van der Waals surface area contributed by atoms with E-state index in [1.54, 1.807) is 31.4 Å². The summed E-state index contributed by atoms with van der Waals surface area (Å²) in [5, 5.41) is 0. The Morgan fingerprint density at radius 3 is 1.88 bits per heavy atom. The van der Waals surface area contributed by atoms with E-state index < -0.39 is 10.1 Å². The van der Waals surface area contributed by atoms with E-state index in [0.29, 0.717) is 12.8 Å². The molecule has 1 aromatic carbocycles. The van der Waals surface area contributed by atoms with Crippen molar-refractivity contribution in [3.63, 3.8) is 0 Å². The molecule has 0 amide bonds. The van der Waals surface area contributed by atoms with Crippen molar-refractivity contribution in [2.24, 2.45) is 0 Å². The van der Waals surface area contributed by atoms with Crippen molar-refractivity contribution in [1.82, 2.24) is 0 Å². The predicted octanol–water partition coefficient (Wildman–Crippen LogP) is 0.938. The molecule has 0 heterocycles. The number of hydrogen-bond acceptors (Lipinski definition) is 5. The molecule has 0 saturated carbocycles. The van der Waals surface area contributed by atoms with Gasteiger partial charge in [0.2, 0.25) is 0 Å². The standard InChI is InChI=1S/C18H28O5S.Na/c1-23-17-13-11-16(12-14-17)18(19)10-8-6-4-2-3-5-7-9-15-24(20,21)22;/h11-14H,2-10,15H2,1H3,(H,20,21,22);/q;+1/p-1. The summed E-state index contributed by atoms with van der Waals surface area (Å²) in [5.41, 5.74) is 0.726. The Balaban J connectivity index is 0.00000576. The molecular weight excluding hydrogens is 351 g/mol. The average Bonchev–Trinajstić information content (AvgIpc) is 2.55. The van der Waals surface area contributed by atoms with E-state index in [4.69, 9.17) is 4.74 Å². The van der Waals surface area contributed by atoms with Crippen LogP contribution in [0.2, 0.25) is 0 Å². The van der Waals surface area contributed by atoms with E-state index in [1.165, 1.54) is 0 Å². The van der Waals surface area contributed by atoms with E-state index in [1.807, 2.05) is 0 Å². The molecule has 0 spiro atoms.